The molecule has 5 nitrogen and oxygen atoms in total. The van der Waals surface area contributed by atoms with E-state index in [1.807, 2.05) is 16.8 Å². The van der Waals surface area contributed by atoms with Crippen LogP contribution in [0.4, 0.5) is 5.69 Å². The van der Waals surface area contributed by atoms with Gasteiger partial charge in [0.2, 0.25) is 0 Å². The topological polar surface area (TPSA) is 69.6 Å². The van der Waals surface area contributed by atoms with E-state index in [9.17, 15) is 0 Å². The molecule has 1 fully saturated rings. The highest BCUT2D eigenvalue weighted by Gasteiger charge is 2.23. The average molecular weight is 292 g/mol. The molecule has 0 amide bonds. The number of hydrogen-bond acceptors (Lipinski definition) is 4. The highest BCUT2D eigenvalue weighted by molar-refractivity contribution is 6.33. The zero-order chi connectivity index (χ0) is 14.1. The summed E-state index contributed by atoms with van der Waals surface area (Å²) >= 11 is 5.96. The van der Waals surface area contributed by atoms with Crippen molar-refractivity contribution in [2.75, 3.05) is 5.73 Å². The molecular formula is C14H18ClN5. The first kappa shape index (κ1) is 13.4. The van der Waals surface area contributed by atoms with Gasteiger partial charge in [-0.15, -0.1) is 5.10 Å². The Hall–Kier alpha value is -1.62. The standard InChI is InChI=1S/C14H18ClN5/c1-9-2-5-11(6-3-9)20-14(17-18-19-20)10-4-7-12(15)13(16)8-10/h4,7-9,11H,2-3,5-6,16H2,1H3. The summed E-state index contributed by atoms with van der Waals surface area (Å²) < 4.78 is 1.94. The Bertz CT molecular complexity index is 601. The molecule has 1 aromatic heterocycles. The molecule has 0 spiro atoms. The first-order valence-electron chi connectivity index (χ1n) is 6.98. The summed E-state index contributed by atoms with van der Waals surface area (Å²) in [6.07, 6.45) is 4.71. The number of hydrogen-bond donors (Lipinski definition) is 1. The van der Waals surface area contributed by atoms with Crippen molar-refractivity contribution in [2.45, 2.75) is 38.6 Å². The molecule has 1 aliphatic carbocycles. The largest absolute Gasteiger partial charge is 0.398 e. The van der Waals surface area contributed by atoms with Crippen molar-refractivity contribution >= 4 is 17.3 Å². The highest BCUT2D eigenvalue weighted by Crippen LogP contribution is 2.34. The average Bonchev–Trinajstić information content (AvgIpc) is 2.92. The molecule has 106 valence electrons. The van der Waals surface area contributed by atoms with Gasteiger partial charge in [-0.05, 0) is 60.2 Å². The van der Waals surface area contributed by atoms with E-state index in [1.165, 1.54) is 12.8 Å². The fourth-order valence-corrected chi connectivity index (χ4v) is 2.92. The normalized spacial score (nSPS) is 22.9. The minimum Gasteiger partial charge on any atom is -0.398 e. The van der Waals surface area contributed by atoms with E-state index in [-0.39, 0.29) is 0 Å². The number of nitrogen functional groups attached to an aromatic ring is 1. The van der Waals surface area contributed by atoms with E-state index in [1.54, 1.807) is 6.07 Å². The SMILES string of the molecule is CC1CCC(n2nnnc2-c2ccc(Cl)c(N)c2)CC1. The Balaban J connectivity index is 1.91. The van der Waals surface area contributed by atoms with Gasteiger partial charge in [0.05, 0.1) is 16.8 Å². The minimum atomic E-state index is 0.383. The maximum Gasteiger partial charge on any atom is 0.182 e. The lowest BCUT2D eigenvalue weighted by Crippen LogP contribution is -2.18. The summed E-state index contributed by atoms with van der Waals surface area (Å²) in [5, 5.41) is 12.7. The number of benzene rings is 1. The molecule has 0 saturated heterocycles. The summed E-state index contributed by atoms with van der Waals surface area (Å²) in [6.45, 7) is 2.30. The molecule has 0 atom stereocenters. The van der Waals surface area contributed by atoms with E-state index in [4.69, 9.17) is 17.3 Å². The molecule has 6 heteroatoms. The van der Waals surface area contributed by atoms with Gasteiger partial charge in [0.1, 0.15) is 0 Å². The van der Waals surface area contributed by atoms with Crippen molar-refractivity contribution < 1.29 is 0 Å². The van der Waals surface area contributed by atoms with Gasteiger partial charge in [-0.25, -0.2) is 4.68 Å². The fraction of sp³-hybridized carbons (Fsp3) is 0.500. The third kappa shape index (κ3) is 2.50. The number of tetrazole rings is 1. The van der Waals surface area contributed by atoms with Crippen molar-refractivity contribution in [1.82, 2.24) is 20.2 Å². The summed E-state index contributed by atoms with van der Waals surface area (Å²) in [7, 11) is 0. The lowest BCUT2D eigenvalue weighted by atomic mass is 9.87. The predicted molar refractivity (Wildman–Crippen MR) is 79.3 cm³/mol. The summed E-state index contributed by atoms with van der Waals surface area (Å²) in [5.41, 5.74) is 7.33. The number of nitrogens with zero attached hydrogens (tertiary/aromatic N) is 4. The second-order valence-corrected chi connectivity index (χ2v) is 6.00. The Morgan fingerprint density at radius 1 is 1.25 bits per heavy atom. The van der Waals surface area contributed by atoms with Gasteiger partial charge in [-0.2, -0.15) is 0 Å². The van der Waals surface area contributed by atoms with E-state index in [0.717, 1.165) is 30.1 Å². The Morgan fingerprint density at radius 3 is 2.70 bits per heavy atom. The molecule has 1 saturated carbocycles. The van der Waals surface area contributed by atoms with Crippen molar-refractivity contribution in [3.63, 3.8) is 0 Å². The van der Waals surface area contributed by atoms with Gasteiger partial charge in [-0.1, -0.05) is 18.5 Å². The van der Waals surface area contributed by atoms with Crippen molar-refractivity contribution in [3.05, 3.63) is 23.2 Å². The van der Waals surface area contributed by atoms with Crippen LogP contribution in [0.15, 0.2) is 18.2 Å². The smallest absolute Gasteiger partial charge is 0.182 e. The third-order valence-corrected chi connectivity index (χ3v) is 4.42. The summed E-state index contributed by atoms with van der Waals surface area (Å²) in [5.74, 6) is 1.57. The zero-order valence-corrected chi connectivity index (χ0v) is 12.2. The van der Waals surface area contributed by atoms with Crippen LogP contribution in [-0.2, 0) is 0 Å². The molecule has 1 aliphatic rings. The van der Waals surface area contributed by atoms with Crippen LogP contribution in [0.2, 0.25) is 5.02 Å². The van der Waals surface area contributed by atoms with Crippen LogP contribution in [0.1, 0.15) is 38.6 Å². The van der Waals surface area contributed by atoms with Gasteiger partial charge < -0.3 is 5.73 Å². The number of nitrogens with two attached hydrogens (primary N) is 1. The van der Waals surface area contributed by atoms with E-state index in [2.05, 4.69) is 22.4 Å². The Kier molecular flexibility index (Phi) is 3.61. The third-order valence-electron chi connectivity index (χ3n) is 4.08. The molecule has 1 aromatic carbocycles. The van der Waals surface area contributed by atoms with Gasteiger partial charge in [0.15, 0.2) is 5.82 Å². The number of anilines is 1. The van der Waals surface area contributed by atoms with E-state index < -0.39 is 0 Å². The Labute approximate surface area is 123 Å². The molecule has 0 aliphatic heterocycles. The molecule has 2 aromatic rings. The van der Waals surface area contributed by atoms with Crippen LogP contribution >= 0.6 is 11.6 Å². The van der Waals surface area contributed by atoms with E-state index >= 15 is 0 Å². The van der Waals surface area contributed by atoms with Crippen LogP contribution in [0, 0.1) is 5.92 Å². The molecule has 2 N–H and O–H groups in total. The monoisotopic (exact) mass is 291 g/mol. The molecule has 0 bridgehead atoms. The molecule has 20 heavy (non-hydrogen) atoms. The van der Waals surface area contributed by atoms with Gasteiger partial charge in [-0.3, -0.25) is 0 Å². The van der Waals surface area contributed by atoms with Crippen LogP contribution in [-0.4, -0.2) is 20.2 Å². The van der Waals surface area contributed by atoms with Crippen molar-refractivity contribution in [3.8, 4) is 11.4 Å². The van der Waals surface area contributed by atoms with Crippen molar-refractivity contribution in [2.24, 2.45) is 5.92 Å². The van der Waals surface area contributed by atoms with Gasteiger partial charge >= 0.3 is 0 Å². The van der Waals surface area contributed by atoms with Crippen LogP contribution in [0.25, 0.3) is 11.4 Å². The highest BCUT2D eigenvalue weighted by atomic mass is 35.5. The zero-order valence-electron chi connectivity index (χ0n) is 11.5. The lowest BCUT2D eigenvalue weighted by molar-refractivity contribution is 0.272. The van der Waals surface area contributed by atoms with Crippen LogP contribution < -0.4 is 5.73 Å². The Morgan fingerprint density at radius 2 is 2.00 bits per heavy atom. The quantitative estimate of drug-likeness (QED) is 0.862. The first-order chi connectivity index (χ1) is 9.65. The lowest BCUT2D eigenvalue weighted by Gasteiger charge is -2.26. The maximum absolute atomic E-state index is 5.96. The number of aromatic nitrogens is 4. The number of halogens is 1. The maximum atomic E-state index is 5.96. The van der Waals surface area contributed by atoms with Gasteiger partial charge in [0, 0.05) is 5.56 Å². The second kappa shape index (κ2) is 5.40. The minimum absolute atomic E-state index is 0.383. The molecule has 1 heterocycles. The van der Waals surface area contributed by atoms with Crippen molar-refractivity contribution in [1.29, 1.82) is 0 Å². The van der Waals surface area contributed by atoms with E-state index in [0.29, 0.717) is 16.8 Å². The summed E-state index contributed by atoms with van der Waals surface area (Å²) in [4.78, 5) is 0. The van der Waals surface area contributed by atoms with Crippen LogP contribution in [0.3, 0.4) is 0 Å². The van der Waals surface area contributed by atoms with Gasteiger partial charge in [0.25, 0.3) is 0 Å². The molecule has 0 radical (unpaired) electrons. The summed E-state index contributed by atoms with van der Waals surface area (Å²) in [6, 6.07) is 5.91. The second-order valence-electron chi connectivity index (χ2n) is 5.60. The fourth-order valence-electron chi connectivity index (χ4n) is 2.80. The number of rotatable bonds is 2. The predicted octanol–water partition coefficient (Wildman–Crippen LogP) is 3.33. The first-order valence-corrected chi connectivity index (χ1v) is 7.36. The molecule has 3 rings (SSSR count). The van der Waals surface area contributed by atoms with Crippen LogP contribution in [0.5, 0.6) is 0 Å². The molecule has 0 unspecified atom stereocenters. The molecular weight excluding hydrogens is 274 g/mol.